The van der Waals surface area contributed by atoms with Gasteiger partial charge in [-0.3, -0.25) is 9.78 Å². The lowest BCUT2D eigenvalue weighted by Gasteiger charge is -2.07. The zero-order valence-corrected chi connectivity index (χ0v) is 11.8. The Morgan fingerprint density at radius 3 is 2.89 bits per heavy atom. The summed E-state index contributed by atoms with van der Waals surface area (Å²) >= 11 is 1.61. The molecule has 0 unspecified atom stereocenters. The van der Waals surface area contributed by atoms with Crippen LogP contribution in [0.25, 0.3) is 0 Å². The van der Waals surface area contributed by atoms with Gasteiger partial charge in [0.1, 0.15) is 0 Å². The van der Waals surface area contributed by atoms with Gasteiger partial charge in [-0.2, -0.15) is 0 Å². The summed E-state index contributed by atoms with van der Waals surface area (Å²) in [5.74, 6) is -0.197. The minimum Gasteiger partial charge on any atom is -0.398 e. The maximum Gasteiger partial charge on any atom is 0.254 e. The Kier molecular flexibility index (Phi) is 4.11. The number of nitrogen functional groups attached to an aromatic ring is 1. The lowest BCUT2D eigenvalue weighted by Crippen LogP contribution is -2.26. The molecular formula is C13H16N4OS. The number of hydrogen-bond donors (Lipinski definition) is 2. The van der Waals surface area contributed by atoms with Crippen LogP contribution in [-0.2, 0) is 6.42 Å². The molecule has 0 aromatic carbocycles. The van der Waals surface area contributed by atoms with Gasteiger partial charge in [0.25, 0.3) is 5.91 Å². The van der Waals surface area contributed by atoms with Crippen LogP contribution in [0.1, 0.15) is 26.8 Å². The number of nitrogens with zero attached hydrogens (tertiary/aromatic N) is 2. The predicted octanol–water partition coefficient (Wildman–Crippen LogP) is 1.71. The van der Waals surface area contributed by atoms with Crippen LogP contribution in [0.15, 0.2) is 17.6 Å². The fourth-order valence-electron chi connectivity index (χ4n) is 1.69. The van der Waals surface area contributed by atoms with E-state index in [0.717, 1.165) is 22.8 Å². The molecule has 0 saturated carbocycles. The summed E-state index contributed by atoms with van der Waals surface area (Å²) in [4.78, 5) is 20.3. The van der Waals surface area contributed by atoms with Crippen molar-refractivity contribution in [2.24, 2.45) is 0 Å². The Hall–Kier alpha value is -1.95. The van der Waals surface area contributed by atoms with Gasteiger partial charge >= 0.3 is 0 Å². The van der Waals surface area contributed by atoms with Gasteiger partial charge in [0, 0.05) is 35.9 Å². The third kappa shape index (κ3) is 3.51. The van der Waals surface area contributed by atoms with Gasteiger partial charge in [-0.15, -0.1) is 11.3 Å². The molecule has 2 heterocycles. The second-order valence-electron chi connectivity index (χ2n) is 4.28. The number of nitrogens with one attached hydrogen (secondary N) is 1. The van der Waals surface area contributed by atoms with Crippen LogP contribution in [-0.4, -0.2) is 22.4 Å². The van der Waals surface area contributed by atoms with Crippen molar-refractivity contribution < 1.29 is 4.79 Å². The van der Waals surface area contributed by atoms with Gasteiger partial charge in [-0.1, -0.05) is 0 Å². The van der Waals surface area contributed by atoms with Gasteiger partial charge in [-0.25, -0.2) is 4.98 Å². The molecule has 2 rings (SSSR count). The molecule has 0 aliphatic carbocycles. The van der Waals surface area contributed by atoms with E-state index in [1.165, 1.54) is 6.20 Å². The summed E-state index contributed by atoms with van der Waals surface area (Å²) in [6.07, 6.45) is 2.22. The van der Waals surface area contributed by atoms with Crippen molar-refractivity contribution in [3.05, 3.63) is 39.6 Å². The van der Waals surface area contributed by atoms with Gasteiger partial charge < -0.3 is 11.1 Å². The number of pyridine rings is 1. The van der Waals surface area contributed by atoms with Crippen LogP contribution >= 0.6 is 11.3 Å². The van der Waals surface area contributed by atoms with Crippen LogP contribution in [0.2, 0.25) is 0 Å². The van der Waals surface area contributed by atoms with Crippen LogP contribution in [0.3, 0.4) is 0 Å². The Bertz CT molecular complexity index is 594. The lowest BCUT2D eigenvalue weighted by atomic mass is 10.2. The van der Waals surface area contributed by atoms with E-state index < -0.39 is 0 Å². The zero-order valence-electron chi connectivity index (χ0n) is 10.9. The Balaban J connectivity index is 1.90. The maximum absolute atomic E-state index is 11.9. The first-order valence-corrected chi connectivity index (χ1v) is 6.85. The van der Waals surface area contributed by atoms with Gasteiger partial charge in [0.2, 0.25) is 0 Å². The van der Waals surface area contributed by atoms with E-state index in [9.17, 15) is 4.79 Å². The topological polar surface area (TPSA) is 80.9 Å². The van der Waals surface area contributed by atoms with Crippen molar-refractivity contribution in [1.29, 1.82) is 0 Å². The highest BCUT2D eigenvalue weighted by Gasteiger charge is 2.10. The number of rotatable bonds is 4. The Labute approximate surface area is 115 Å². The molecule has 6 heteroatoms. The third-order valence-electron chi connectivity index (χ3n) is 2.65. The fourth-order valence-corrected chi connectivity index (χ4v) is 2.34. The lowest BCUT2D eigenvalue weighted by molar-refractivity contribution is 0.0954. The second-order valence-corrected chi connectivity index (χ2v) is 5.34. The third-order valence-corrected chi connectivity index (χ3v) is 3.47. The number of thiazole rings is 1. The molecular weight excluding hydrogens is 260 g/mol. The van der Waals surface area contributed by atoms with E-state index in [1.807, 2.05) is 19.2 Å². The number of carbonyl (C=O) groups excluding carboxylic acids is 1. The van der Waals surface area contributed by atoms with E-state index >= 15 is 0 Å². The highest BCUT2D eigenvalue weighted by molar-refractivity contribution is 7.09. The largest absolute Gasteiger partial charge is 0.398 e. The number of aryl methyl sites for hydroxylation is 2. The number of hydrogen-bond acceptors (Lipinski definition) is 5. The first-order chi connectivity index (χ1) is 9.06. The molecule has 0 fully saturated rings. The summed E-state index contributed by atoms with van der Waals surface area (Å²) in [6, 6.07) is 1.69. The average molecular weight is 276 g/mol. The maximum atomic E-state index is 11.9. The van der Waals surface area contributed by atoms with E-state index in [-0.39, 0.29) is 5.91 Å². The molecule has 0 bridgehead atoms. The molecule has 1 amide bonds. The molecule has 0 saturated heterocycles. The smallest absolute Gasteiger partial charge is 0.254 e. The average Bonchev–Trinajstić information content (AvgIpc) is 2.75. The Morgan fingerprint density at radius 2 is 2.26 bits per heavy atom. The molecule has 2 aromatic rings. The number of aromatic nitrogens is 2. The summed E-state index contributed by atoms with van der Waals surface area (Å²) in [5.41, 5.74) is 8.46. The van der Waals surface area contributed by atoms with Crippen molar-refractivity contribution in [1.82, 2.24) is 15.3 Å². The number of amides is 1. The minimum atomic E-state index is -0.197. The number of carbonyl (C=O) groups is 1. The van der Waals surface area contributed by atoms with Crippen molar-refractivity contribution in [2.45, 2.75) is 20.3 Å². The molecule has 0 spiro atoms. The molecule has 0 aliphatic rings. The number of nitrogens with two attached hydrogens (primary N) is 1. The van der Waals surface area contributed by atoms with Gasteiger partial charge in [0.15, 0.2) is 0 Å². The summed E-state index contributed by atoms with van der Waals surface area (Å²) in [5, 5.41) is 5.86. The van der Waals surface area contributed by atoms with E-state index in [0.29, 0.717) is 17.8 Å². The summed E-state index contributed by atoms with van der Waals surface area (Å²) in [7, 11) is 0. The van der Waals surface area contributed by atoms with Crippen molar-refractivity contribution >= 4 is 22.9 Å². The van der Waals surface area contributed by atoms with Gasteiger partial charge in [0.05, 0.1) is 16.3 Å². The predicted molar refractivity (Wildman–Crippen MR) is 76.3 cm³/mol. The second kappa shape index (κ2) is 5.79. The first kappa shape index (κ1) is 13.5. The zero-order chi connectivity index (χ0) is 13.8. The quantitative estimate of drug-likeness (QED) is 0.890. The SMILES string of the molecule is Cc1cc(N)c(C(=O)NCCc2csc(C)n2)cn1. The summed E-state index contributed by atoms with van der Waals surface area (Å²) < 4.78 is 0. The van der Waals surface area contributed by atoms with E-state index in [1.54, 1.807) is 17.4 Å². The van der Waals surface area contributed by atoms with Crippen molar-refractivity contribution in [2.75, 3.05) is 12.3 Å². The standard InChI is InChI=1S/C13H16N4OS/c1-8-5-12(14)11(6-16-8)13(18)15-4-3-10-7-19-9(2)17-10/h5-7H,3-4H2,1-2H3,(H2,14,16)(H,15,18). The normalized spacial score (nSPS) is 10.4. The van der Waals surface area contributed by atoms with Crippen LogP contribution in [0, 0.1) is 13.8 Å². The monoisotopic (exact) mass is 276 g/mol. The molecule has 5 nitrogen and oxygen atoms in total. The van der Waals surface area contributed by atoms with E-state index in [2.05, 4.69) is 15.3 Å². The molecule has 19 heavy (non-hydrogen) atoms. The highest BCUT2D eigenvalue weighted by Crippen LogP contribution is 2.11. The molecule has 0 atom stereocenters. The molecule has 3 N–H and O–H groups in total. The molecule has 2 aromatic heterocycles. The Morgan fingerprint density at radius 1 is 1.47 bits per heavy atom. The molecule has 100 valence electrons. The number of anilines is 1. The van der Waals surface area contributed by atoms with Crippen LogP contribution < -0.4 is 11.1 Å². The highest BCUT2D eigenvalue weighted by atomic mass is 32.1. The van der Waals surface area contributed by atoms with Crippen LogP contribution in [0.5, 0.6) is 0 Å². The van der Waals surface area contributed by atoms with Crippen molar-refractivity contribution in [3.63, 3.8) is 0 Å². The minimum absolute atomic E-state index is 0.197. The van der Waals surface area contributed by atoms with Gasteiger partial charge in [-0.05, 0) is 19.9 Å². The van der Waals surface area contributed by atoms with Crippen LogP contribution in [0.4, 0.5) is 5.69 Å². The van der Waals surface area contributed by atoms with E-state index in [4.69, 9.17) is 5.73 Å². The summed E-state index contributed by atoms with van der Waals surface area (Å²) in [6.45, 7) is 4.34. The van der Waals surface area contributed by atoms with Crippen molar-refractivity contribution in [3.8, 4) is 0 Å². The first-order valence-electron chi connectivity index (χ1n) is 5.97. The molecule has 0 radical (unpaired) electrons. The fraction of sp³-hybridized carbons (Fsp3) is 0.308. The molecule has 0 aliphatic heterocycles.